The quantitative estimate of drug-likeness (QED) is 0.803. The Hall–Kier alpha value is -1.10. The molecule has 3 fully saturated rings. The standard InChI is InChI=1S/C14H22N2O3/c17-9-12-3-1-2-6-15(12)14(19)10-7-13(18)16(8-10)11-4-5-11/h10-12,17H,1-9H2. The van der Waals surface area contributed by atoms with Crippen LogP contribution >= 0.6 is 0 Å². The molecule has 106 valence electrons. The van der Waals surface area contributed by atoms with E-state index in [1.807, 2.05) is 9.80 Å². The van der Waals surface area contributed by atoms with Gasteiger partial charge in [-0.25, -0.2) is 0 Å². The lowest BCUT2D eigenvalue weighted by atomic mass is 9.99. The number of aliphatic hydroxyl groups excluding tert-OH is 1. The zero-order valence-electron chi connectivity index (χ0n) is 11.3. The molecule has 2 atom stereocenters. The smallest absolute Gasteiger partial charge is 0.228 e. The Morgan fingerprint density at radius 1 is 1.26 bits per heavy atom. The van der Waals surface area contributed by atoms with Crippen LogP contribution in [0.2, 0.25) is 0 Å². The normalized spacial score (nSPS) is 31.9. The van der Waals surface area contributed by atoms with Crippen molar-refractivity contribution in [3.05, 3.63) is 0 Å². The van der Waals surface area contributed by atoms with E-state index in [1.54, 1.807) is 0 Å². The number of carbonyl (C=O) groups excluding carboxylic acids is 2. The third-order valence-electron chi connectivity index (χ3n) is 4.62. The molecular formula is C14H22N2O3. The molecular weight excluding hydrogens is 244 g/mol. The van der Waals surface area contributed by atoms with Crippen molar-refractivity contribution >= 4 is 11.8 Å². The van der Waals surface area contributed by atoms with Crippen molar-refractivity contribution in [2.24, 2.45) is 5.92 Å². The van der Waals surface area contributed by atoms with Crippen molar-refractivity contribution in [2.45, 2.75) is 50.6 Å². The second-order valence-electron chi connectivity index (χ2n) is 6.04. The van der Waals surface area contributed by atoms with Gasteiger partial charge in [-0.05, 0) is 32.1 Å². The van der Waals surface area contributed by atoms with Crippen molar-refractivity contribution < 1.29 is 14.7 Å². The van der Waals surface area contributed by atoms with E-state index < -0.39 is 0 Å². The van der Waals surface area contributed by atoms with Crippen LogP contribution in [0.15, 0.2) is 0 Å². The minimum Gasteiger partial charge on any atom is -0.394 e. The van der Waals surface area contributed by atoms with Gasteiger partial charge < -0.3 is 14.9 Å². The fourth-order valence-electron chi connectivity index (χ4n) is 3.35. The maximum absolute atomic E-state index is 12.5. The van der Waals surface area contributed by atoms with Crippen molar-refractivity contribution in [2.75, 3.05) is 19.7 Å². The molecule has 1 N–H and O–H groups in total. The molecule has 1 aliphatic carbocycles. The Morgan fingerprint density at radius 2 is 2.05 bits per heavy atom. The van der Waals surface area contributed by atoms with E-state index in [1.165, 1.54) is 0 Å². The lowest BCUT2D eigenvalue weighted by molar-refractivity contribution is -0.140. The summed E-state index contributed by atoms with van der Waals surface area (Å²) < 4.78 is 0. The maximum atomic E-state index is 12.5. The van der Waals surface area contributed by atoms with Crippen LogP contribution < -0.4 is 0 Å². The van der Waals surface area contributed by atoms with Gasteiger partial charge in [-0.3, -0.25) is 9.59 Å². The zero-order valence-corrected chi connectivity index (χ0v) is 11.3. The van der Waals surface area contributed by atoms with Crippen molar-refractivity contribution in [3.8, 4) is 0 Å². The third-order valence-corrected chi connectivity index (χ3v) is 4.62. The fraction of sp³-hybridized carbons (Fsp3) is 0.857. The molecule has 2 aliphatic heterocycles. The lowest BCUT2D eigenvalue weighted by Crippen LogP contribution is -2.48. The van der Waals surface area contributed by atoms with Crippen molar-refractivity contribution in [1.29, 1.82) is 0 Å². The molecule has 3 rings (SSSR count). The summed E-state index contributed by atoms with van der Waals surface area (Å²) in [5.74, 6) is 0.0360. The van der Waals surface area contributed by atoms with Gasteiger partial charge in [-0.15, -0.1) is 0 Å². The van der Waals surface area contributed by atoms with E-state index in [9.17, 15) is 14.7 Å². The topological polar surface area (TPSA) is 60.9 Å². The number of amides is 2. The van der Waals surface area contributed by atoms with Gasteiger partial charge in [-0.2, -0.15) is 0 Å². The van der Waals surface area contributed by atoms with Crippen LogP contribution in [0, 0.1) is 5.92 Å². The largest absolute Gasteiger partial charge is 0.394 e. The van der Waals surface area contributed by atoms with Gasteiger partial charge in [0.25, 0.3) is 0 Å². The Kier molecular flexibility index (Phi) is 3.48. The Morgan fingerprint density at radius 3 is 2.74 bits per heavy atom. The van der Waals surface area contributed by atoms with Gasteiger partial charge in [-0.1, -0.05) is 0 Å². The van der Waals surface area contributed by atoms with Crippen LogP contribution in [-0.4, -0.2) is 58.5 Å². The van der Waals surface area contributed by atoms with E-state index >= 15 is 0 Å². The summed E-state index contributed by atoms with van der Waals surface area (Å²) in [7, 11) is 0. The highest BCUT2D eigenvalue weighted by Gasteiger charge is 2.43. The number of carbonyl (C=O) groups is 2. The van der Waals surface area contributed by atoms with Gasteiger partial charge >= 0.3 is 0 Å². The van der Waals surface area contributed by atoms with Gasteiger partial charge in [0.1, 0.15) is 0 Å². The molecule has 2 unspecified atom stereocenters. The molecule has 2 amide bonds. The van der Waals surface area contributed by atoms with E-state index in [0.29, 0.717) is 19.0 Å². The number of aliphatic hydroxyl groups is 1. The average Bonchev–Trinajstić information content (AvgIpc) is 3.21. The van der Waals surface area contributed by atoms with Gasteiger partial charge in [0.2, 0.25) is 11.8 Å². The summed E-state index contributed by atoms with van der Waals surface area (Å²) in [6, 6.07) is 0.367. The first-order chi connectivity index (χ1) is 9.20. The molecule has 0 aromatic rings. The molecule has 0 spiro atoms. The third kappa shape index (κ3) is 2.48. The molecule has 1 saturated carbocycles. The molecule has 19 heavy (non-hydrogen) atoms. The summed E-state index contributed by atoms with van der Waals surface area (Å²) in [5.41, 5.74) is 0. The highest BCUT2D eigenvalue weighted by Crippen LogP contribution is 2.33. The maximum Gasteiger partial charge on any atom is 0.228 e. The van der Waals surface area contributed by atoms with Gasteiger partial charge in [0, 0.05) is 25.6 Å². The fourth-order valence-corrected chi connectivity index (χ4v) is 3.35. The van der Waals surface area contributed by atoms with Gasteiger partial charge in [0.15, 0.2) is 0 Å². The summed E-state index contributed by atoms with van der Waals surface area (Å²) in [6.45, 7) is 1.37. The highest BCUT2D eigenvalue weighted by atomic mass is 16.3. The van der Waals surface area contributed by atoms with Crippen LogP contribution in [0.4, 0.5) is 0 Å². The van der Waals surface area contributed by atoms with E-state index in [2.05, 4.69) is 0 Å². The first-order valence-electron chi connectivity index (χ1n) is 7.41. The van der Waals surface area contributed by atoms with Gasteiger partial charge in [0.05, 0.1) is 18.6 Å². The Balaban J connectivity index is 1.64. The molecule has 0 aromatic heterocycles. The summed E-state index contributed by atoms with van der Waals surface area (Å²) in [5, 5.41) is 9.38. The zero-order chi connectivity index (χ0) is 13.4. The van der Waals surface area contributed by atoms with E-state index in [0.717, 1.165) is 38.6 Å². The Labute approximate surface area is 113 Å². The van der Waals surface area contributed by atoms with Crippen molar-refractivity contribution in [3.63, 3.8) is 0 Å². The number of rotatable bonds is 3. The van der Waals surface area contributed by atoms with Crippen LogP contribution in [0.5, 0.6) is 0 Å². The molecule has 2 saturated heterocycles. The second-order valence-corrected chi connectivity index (χ2v) is 6.04. The summed E-state index contributed by atoms with van der Waals surface area (Å²) in [4.78, 5) is 28.2. The summed E-state index contributed by atoms with van der Waals surface area (Å²) in [6.07, 6.45) is 5.52. The minimum atomic E-state index is -0.180. The van der Waals surface area contributed by atoms with Crippen LogP contribution in [-0.2, 0) is 9.59 Å². The lowest BCUT2D eigenvalue weighted by Gasteiger charge is -2.36. The monoisotopic (exact) mass is 266 g/mol. The number of hydrogen-bond acceptors (Lipinski definition) is 3. The van der Waals surface area contributed by atoms with Crippen LogP contribution in [0.3, 0.4) is 0 Å². The summed E-state index contributed by atoms with van der Waals surface area (Å²) >= 11 is 0. The first-order valence-corrected chi connectivity index (χ1v) is 7.41. The van der Waals surface area contributed by atoms with Crippen LogP contribution in [0.1, 0.15) is 38.5 Å². The van der Waals surface area contributed by atoms with E-state index in [-0.39, 0.29) is 30.4 Å². The molecule has 2 heterocycles. The van der Waals surface area contributed by atoms with E-state index in [4.69, 9.17) is 0 Å². The highest BCUT2D eigenvalue weighted by molar-refractivity contribution is 5.89. The predicted molar refractivity (Wildman–Crippen MR) is 69.3 cm³/mol. The molecule has 5 nitrogen and oxygen atoms in total. The molecule has 5 heteroatoms. The number of nitrogens with zero attached hydrogens (tertiary/aromatic N) is 2. The molecule has 0 radical (unpaired) electrons. The molecule has 0 bridgehead atoms. The average molecular weight is 266 g/mol. The van der Waals surface area contributed by atoms with Crippen molar-refractivity contribution in [1.82, 2.24) is 9.80 Å². The molecule has 0 aromatic carbocycles. The number of hydrogen-bond donors (Lipinski definition) is 1. The predicted octanol–water partition coefficient (Wildman–Crippen LogP) is 0.371. The second kappa shape index (κ2) is 5.12. The first kappa shape index (κ1) is 12.9. The minimum absolute atomic E-state index is 0.0358. The Bertz CT molecular complexity index is 381. The van der Waals surface area contributed by atoms with Crippen LogP contribution in [0.25, 0.3) is 0 Å². The number of likely N-dealkylation sites (tertiary alicyclic amines) is 2. The molecule has 3 aliphatic rings. The SMILES string of the molecule is O=C1CC(C(=O)N2CCCCC2CO)CN1C1CC1. The number of piperidine rings is 1.